The Morgan fingerprint density at radius 3 is 2.75 bits per heavy atom. The van der Waals surface area contributed by atoms with E-state index in [9.17, 15) is 0 Å². The lowest BCUT2D eigenvalue weighted by atomic mass is 10.1. The molecule has 0 amide bonds. The Labute approximate surface area is 171 Å². The third-order valence-corrected chi connectivity index (χ3v) is 5.89. The highest BCUT2D eigenvalue weighted by molar-refractivity contribution is 7.09. The molecule has 0 radical (unpaired) electrons. The fourth-order valence-electron chi connectivity index (χ4n) is 3.03. The summed E-state index contributed by atoms with van der Waals surface area (Å²) in [5.41, 5.74) is 3.24. The van der Waals surface area contributed by atoms with Crippen molar-refractivity contribution in [2.75, 3.05) is 32.6 Å². The number of rotatable bonds is 9. The van der Waals surface area contributed by atoms with E-state index in [-0.39, 0.29) is 6.04 Å². The Morgan fingerprint density at radius 2 is 2.04 bits per heavy atom. The molecule has 0 aliphatic rings. The van der Waals surface area contributed by atoms with Crippen molar-refractivity contribution in [1.29, 1.82) is 0 Å². The first-order valence-corrected chi connectivity index (χ1v) is 10.5. The third-order valence-electron chi connectivity index (χ3n) is 4.76. The van der Waals surface area contributed by atoms with Gasteiger partial charge in [-0.05, 0) is 46.4 Å². The summed E-state index contributed by atoms with van der Waals surface area (Å²) < 4.78 is 5.15. The maximum Gasteiger partial charge on any atom is 0.145 e. The van der Waals surface area contributed by atoms with Gasteiger partial charge in [-0.25, -0.2) is 15.0 Å². The summed E-state index contributed by atoms with van der Waals surface area (Å²) in [6.45, 7) is 8.51. The monoisotopic (exact) mass is 399 g/mol. The number of nitrogens with one attached hydrogen (secondary N) is 1. The van der Waals surface area contributed by atoms with Gasteiger partial charge in [0.1, 0.15) is 16.6 Å². The van der Waals surface area contributed by atoms with Gasteiger partial charge < -0.3 is 10.1 Å². The van der Waals surface area contributed by atoms with Crippen LogP contribution in [-0.4, -0.2) is 47.2 Å². The van der Waals surface area contributed by atoms with Crippen LogP contribution in [0.5, 0.6) is 0 Å². The van der Waals surface area contributed by atoms with Crippen LogP contribution in [0.1, 0.15) is 41.5 Å². The number of fused-ring (bicyclic) bond motifs is 1. The van der Waals surface area contributed by atoms with Gasteiger partial charge in [-0.2, -0.15) is 0 Å². The molecule has 0 bridgehead atoms. The summed E-state index contributed by atoms with van der Waals surface area (Å²) in [5.74, 6) is 1.71. The van der Waals surface area contributed by atoms with E-state index in [1.807, 2.05) is 6.92 Å². The standard InChI is InChI=1S/C21H29N5OS/c1-14-7-8-18-17(11-14)20(22-9-6-10-27-5)25-19(24-18)12-26(4)16(3)21-23-15(2)13-28-21/h7-8,11,13,16H,6,9-10,12H2,1-5H3,(H,22,24,25). The second-order valence-corrected chi connectivity index (χ2v) is 8.09. The van der Waals surface area contributed by atoms with E-state index in [0.29, 0.717) is 6.54 Å². The molecule has 1 aromatic carbocycles. The first kappa shape index (κ1) is 20.6. The Balaban J connectivity index is 1.82. The minimum absolute atomic E-state index is 0.217. The van der Waals surface area contributed by atoms with Crippen LogP contribution in [0.15, 0.2) is 23.6 Å². The van der Waals surface area contributed by atoms with Crippen LogP contribution >= 0.6 is 11.3 Å². The molecule has 3 aromatic rings. The largest absolute Gasteiger partial charge is 0.385 e. The van der Waals surface area contributed by atoms with Crippen molar-refractivity contribution in [1.82, 2.24) is 19.9 Å². The molecular weight excluding hydrogens is 370 g/mol. The molecule has 6 nitrogen and oxygen atoms in total. The Hall–Kier alpha value is -2.09. The predicted octanol–water partition coefficient (Wildman–Crippen LogP) is 4.34. The van der Waals surface area contributed by atoms with E-state index in [1.165, 1.54) is 5.56 Å². The molecule has 0 saturated carbocycles. The zero-order valence-electron chi connectivity index (χ0n) is 17.3. The van der Waals surface area contributed by atoms with E-state index in [2.05, 4.69) is 59.7 Å². The third kappa shape index (κ3) is 5.04. The van der Waals surface area contributed by atoms with Crippen LogP contribution in [0.2, 0.25) is 0 Å². The summed E-state index contributed by atoms with van der Waals surface area (Å²) in [4.78, 5) is 16.5. The number of nitrogens with zero attached hydrogens (tertiary/aromatic N) is 4. The van der Waals surface area contributed by atoms with Gasteiger partial charge >= 0.3 is 0 Å². The van der Waals surface area contributed by atoms with Gasteiger partial charge in [0.15, 0.2) is 0 Å². The summed E-state index contributed by atoms with van der Waals surface area (Å²) in [5, 5.41) is 7.74. The molecule has 2 aromatic heterocycles. The van der Waals surface area contributed by atoms with Crippen molar-refractivity contribution < 1.29 is 4.74 Å². The molecule has 0 fully saturated rings. The maximum absolute atomic E-state index is 5.15. The second-order valence-electron chi connectivity index (χ2n) is 7.20. The molecule has 1 N–H and O–H groups in total. The minimum Gasteiger partial charge on any atom is -0.385 e. The smallest absolute Gasteiger partial charge is 0.145 e. The van der Waals surface area contributed by atoms with Crippen molar-refractivity contribution in [3.8, 4) is 0 Å². The van der Waals surface area contributed by atoms with E-state index in [0.717, 1.165) is 52.8 Å². The van der Waals surface area contributed by atoms with Crippen molar-refractivity contribution in [2.45, 2.75) is 39.8 Å². The first-order valence-electron chi connectivity index (χ1n) is 9.60. The van der Waals surface area contributed by atoms with Gasteiger partial charge in [-0.1, -0.05) is 11.6 Å². The Bertz CT molecular complexity index is 926. The van der Waals surface area contributed by atoms with Gasteiger partial charge in [0.2, 0.25) is 0 Å². The van der Waals surface area contributed by atoms with Gasteiger partial charge in [0, 0.05) is 36.7 Å². The minimum atomic E-state index is 0.217. The quantitative estimate of drug-likeness (QED) is 0.540. The molecule has 1 atom stereocenters. The molecule has 3 rings (SSSR count). The predicted molar refractivity (Wildman–Crippen MR) is 116 cm³/mol. The Morgan fingerprint density at radius 1 is 1.21 bits per heavy atom. The summed E-state index contributed by atoms with van der Waals surface area (Å²) in [6.07, 6.45) is 0.934. The summed E-state index contributed by atoms with van der Waals surface area (Å²) >= 11 is 1.70. The number of aromatic nitrogens is 3. The van der Waals surface area contributed by atoms with Crippen LogP contribution in [0.3, 0.4) is 0 Å². The van der Waals surface area contributed by atoms with Gasteiger partial charge in [0.25, 0.3) is 0 Å². The van der Waals surface area contributed by atoms with E-state index >= 15 is 0 Å². The zero-order chi connectivity index (χ0) is 20.1. The number of benzene rings is 1. The molecule has 2 heterocycles. The lowest BCUT2D eigenvalue weighted by molar-refractivity contribution is 0.198. The van der Waals surface area contributed by atoms with Crippen molar-refractivity contribution >= 4 is 28.1 Å². The molecule has 1 unspecified atom stereocenters. The van der Waals surface area contributed by atoms with Crippen molar-refractivity contribution in [3.05, 3.63) is 45.7 Å². The number of hydrogen-bond donors (Lipinski definition) is 1. The molecule has 0 aliphatic heterocycles. The van der Waals surface area contributed by atoms with Gasteiger partial charge in [-0.15, -0.1) is 11.3 Å². The van der Waals surface area contributed by atoms with E-state index < -0.39 is 0 Å². The number of ether oxygens (including phenoxy) is 1. The molecule has 28 heavy (non-hydrogen) atoms. The second kappa shape index (κ2) is 9.41. The molecular formula is C21H29N5OS. The number of hydrogen-bond acceptors (Lipinski definition) is 7. The fourth-order valence-corrected chi connectivity index (χ4v) is 3.95. The van der Waals surface area contributed by atoms with Crippen LogP contribution in [0, 0.1) is 13.8 Å². The highest BCUT2D eigenvalue weighted by Gasteiger charge is 2.17. The highest BCUT2D eigenvalue weighted by atomic mass is 32.1. The van der Waals surface area contributed by atoms with Crippen LogP contribution in [0.25, 0.3) is 10.9 Å². The van der Waals surface area contributed by atoms with E-state index in [4.69, 9.17) is 14.7 Å². The molecule has 150 valence electrons. The number of thiazole rings is 1. The molecule has 0 spiro atoms. The fraction of sp³-hybridized carbons (Fsp3) is 0.476. The molecule has 0 aliphatic carbocycles. The molecule has 7 heteroatoms. The topological polar surface area (TPSA) is 63.2 Å². The van der Waals surface area contributed by atoms with Crippen LogP contribution in [0.4, 0.5) is 5.82 Å². The Kier molecular flexibility index (Phi) is 6.93. The number of aryl methyl sites for hydroxylation is 2. The lowest BCUT2D eigenvalue weighted by Gasteiger charge is -2.22. The zero-order valence-corrected chi connectivity index (χ0v) is 18.1. The average molecular weight is 400 g/mol. The van der Waals surface area contributed by atoms with Crippen LogP contribution in [-0.2, 0) is 11.3 Å². The SMILES string of the molecule is COCCCNc1nc(CN(C)C(C)c2nc(C)cs2)nc2ccc(C)cc12. The van der Waals surface area contributed by atoms with E-state index in [1.54, 1.807) is 18.4 Å². The highest BCUT2D eigenvalue weighted by Crippen LogP contribution is 2.25. The average Bonchev–Trinajstić information content (AvgIpc) is 3.11. The van der Waals surface area contributed by atoms with Gasteiger partial charge in [0.05, 0.1) is 18.1 Å². The van der Waals surface area contributed by atoms with Crippen LogP contribution < -0.4 is 5.32 Å². The van der Waals surface area contributed by atoms with Crippen molar-refractivity contribution in [2.24, 2.45) is 0 Å². The van der Waals surface area contributed by atoms with Crippen molar-refractivity contribution in [3.63, 3.8) is 0 Å². The summed E-state index contributed by atoms with van der Waals surface area (Å²) in [7, 11) is 3.82. The summed E-state index contributed by atoms with van der Waals surface area (Å²) in [6, 6.07) is 6.53. The lowest BCUT2D eigenvalue weighted by Crippen LogP contribution is -2.23. The normalized spacial score (nSPS) is 12.6. The maximum atomic E-state index is 5.15. The number of anilines is 1. The van der Waals surface area contributed by atoms with Gasteiger partial charge in [-0.3, -0.25) is 4.90 Å². The first-order chi connectivity index (χ1) is 13.5. The molecule has 0 saturated heterocycles. The number of methoxy groups -OCH3 is 1.